The smallest absolute Gasteiger partial charge is 0.122 e. The molecular weight excluding hydrogens is 192 g/mol. The molecule has 0 amide bonds. The number of carbonyl (C=O) groups excluding carboxylic acids is 1. The molecule has 82 valence electrons. The van der Waals surface area contributed by atoms with Crippen LogP contribution in [-0.4, -0.2) is 18.5 Å². The Labute approximate surface area is 89.7 Å². The molecule has 0 saturated carbocycles. The van der Waals surface area contributed by atoms with Crippen molar-refractivity contribution in [2.24, 2.45) is 0 Å². The number of phenols is 1. The van der Waals surface area contributed by atoms with Gasteiger partial charge in [-0.25, -0.2) is 0 Å². The van der Waals surface area contributed by atoms with E-state index in [1.807, 2.05) is 13.8 Å². The number of phenolic OH excluding ortho intramolecular Hbond substituents is 1. The zero-order chi connectivity index (χ0) is 11.4. The predicted molar refractivity (Wildman–Crippen MR) is 58.5 cm³/mol. The van der Waals surface area contributed by atoms with Crippen LogP contribution in [-0.2, 0) is 11.2 Å². The Kier molecular flexibility index (Phi) is 3.72. The van der Waals surface area contributed by atoms with Gasteiger partial charge in [0.15, 0.2) is 0 Å². The predicted octanol–water partition coefficient (Wildman–Crippen LogP) is 2.15. The van der Waals surface area contributed by atoms with Crippen LogP contribution in [0.3, 0.4) is 0 Å². The van der Waals surface area contributed by atoms with Crippen LogP contribution in [0.5, 0.6) is 11.5 Å². The normalized spacial score (nSPS) is 10.1. The summed E-state index contributed by atoms with van der Waals surface area (Å²) in [5, 5.41) is 9.85. The van der Waals surface area contributed by atoms with E-state index in [4.69, 9.17) is 4.74 Å². The zero-order valence-corrected chi connectivity index (χ0v) is 9.33. The number of ether oxygens (including phenoxy) is 1. The van der Waals surface area contributed by atoms with E-state index in [1.54, 1.807) is 13.2 Å². The number of aromatic hydroxyl groups is 1. The molecule has 1 aromatic rings. The lowest BCUT2D eigenvalue weighted by molar-refractivity contribution is -0.107. The van der Waals surface area contributed by atoms with Crippen LogP contribution in [0.2, 0.25) is 0 Å². The second kappa shape index (κ2) is 4.82. The van der Waals surface area contributed by atoms with Gasteiger partial charge in [-0.05, 0) is 43.0 Å². The third kappa shape index (κ3) is 2.29. The van der Waals surface area contributed by atoms with Gasteiger partial charge < -0.3 is 14.6 Å². The molecule has 0 aliphatic rings. The highest BCUT2D eigenvalue weighted by molar-refractivity contribution is 5.55. The minimum Gasteiger partial charge on any atom is -0.507 e. The number of aryl methyl sites for hydroxylation is 1. The van der Waals surface area contributed by atoms with Crippen LogP contribution >= 0.6 is 0 Å². The molecule has 0 heterocycles. The maximum absolute atomic E-state index is 10.3. The molecule has 0 bridgehead atoms. The molecule has 3 heteroatoms. The number of rotatable bonds is 4. The average molecular weight is 208 g/mol. The van der Waals surface area contributed by atoms with E-state index < -0.39 is 0 Å². The standard InChI is InChI=1S/C12H16O3/c1-8-9(2)12(14)10(5-4-6-13)7-11(8)15-3/h6-7,14H,4-5H2,1-3H3. The molecule has 0 atom stereocenters. The van der Waals surface area contributed by atoms with Crippen LogP contribution in [0.15, 0.2) is 6.07 Å². The minimum absolute atomic E-state index is 0.273. The summed E-state index contributed by atoms with van der Waals surface area (Å²) in [7, 11) is 1.60. The second-order valence-electron chi connectivity index (χ2n) is 3.54. The molecule has 3 nitrogen and oxygen atoms in total. The van der Waals surface area contributed by atoms with Gasteiger partial charge in [0.25, 0.3) is 0 Å². The van der Waals surface area contributed by atoms with Crippen LogP contribution in [0.1, 0.15) is 23.1 Å². The van der Waals surface area contributed by atoms with E-state index in [2.05, 4.69) is 0 Å². The SMILES string of the molecule is COc1cc(CCC=O)c(O)c(C)c1C. The van der Waals surface area contributed by atoms with Crippen LogP contribution in [0.25, 0.3) is 0 Å². The second-order valence-corrected chi connectivity index (χ2v) is 3.54. The van der Waals surface area contributed by atoms with Gasteiger partial charge in [0.2, 0.25) is 0 Å². The van der Waals surface area contributed by atoms with Crippen molar-refractivity contribution in [3.05, 3.63) is 22.8 Å². The van der Waals surface area contributed by atoms with Crippen molar-refractivity contribution in [2.45, 2.75) is 26.7 Å². The molecule has 0 aliphatic carbocycles. The summed E-state index contributed by atoms with van der Waals surface area (Å²) in [4.78, 5) is 10.3. The lowest BCUT2D eigenvalue weighted by Crippen LogP contribution is -1.96. The third-order valence-electron chi connectivity index (χ3n) is 2.65. The van der Waals surface area contributed by atoms with E-state index in [0.29, 0.717) is 12.8 Å². The highest BCUT2D eigenvalue weighted by atomic mass is 16.5. The number of benzene rings is 1. The van der Waals surface area contributed by atoms with Crippen molar-refractivity contribution in [3.63, 3.8) is 0 Å². The fourth-order valence-electron chi connectivity index (χ4n) is 1.56. The fourth-order valence-corrected chi connectivity index (χ4v) is 1.56. The first-order valence-electron chi connectivity index (χ1n) is 4.91. The number of methoxy groups -OCH3 is 1. The summed E-state index contributed by atoms with van der Waals surface area (Å²) in [6.45, 7) is 3.75. The van der Waals surface area contributed by atoms with Crippen LogP contribution in [0, 0.1) is 13.8 Å². The van der Waals surface area contributed by atoms with Crippen molar-refractivity contribution in [3.8, 4) is 11.5 Å². The summed E-state index contributed by atoms with van der Waals surface area (Å²) in [6, 6.07) is 1.79. The van der Waals surface area contributed by atoms with Crippen molar-refractivity contribution in [2.75, 3.05) is 7.11 Å². The van der Waals surface area contributed by atoms with Crippen LogP contribution < -0.4 is 4.74 Å². The van der Waals surface area contributed by atoms with Gasteiger partial charge in [-0.2, -0.15) is 0 Å². The molecule has 0 unspecified atom stereocenters. The number of hydrogen-bond donors (Lipinski definition) is 1. The summed E-state index contributed by atoms with van der Waals surface area (Å²) >= 11 is 0. The highest BCUT2D eigenvalue weighted by Gasteiger charge is 2.11. The van der Waals surface area contributed by atoms with E-state index in [9.17, 15) is 9.90 Å². The van der Waals surface area contributed by atoms with Gasteiger partial charge in [-0.3, -0.25) is 0 Å². The molecule has 1 N–H and O–H groups in total. The Balaban J connectivity index is 3.16. The Hall–Kier alpha value is -1.51. The number of hydrogen-bond acceptors (Lipinski definition) is 3. The minimum atomic E-state index is 0.273. The topological polar surface area (TPSA) is 46.5 Å². The molecular formula is C12H16O3. The summed E-state index contributed by atoms with van der Waals surface area (Å²) in [5.41, 5.74) is 2.52. The first-order chi connectivity index (χ1) is 7.11. The molecule has 0 aliphatic heterocycles. The molecule has 15 heavy (non-hydrogen) atoms. The van der Waals surface area contributed by atoms with Crippen molar-refractivity contribution in [1.82, 2.24) is 0 Å². The van der Waals surface area contributed by atoms with Gasteiger partial charge in [-0.1, -0.05) is 0 Å². The first kappa shape index (κ1) is 11.6. The van der Waals surface area contributed by atoms with E-state index in [0.717, 1.165) is 28.7 Å². The van der Waals surface area contributed by atoms with Gasteiger partial charge in [0.1, 0.15) is 17.8 Å². The van der Waals surface area contributed by atoms with Gasteiger partial charge in [0.05, 0.1) is 7.11 Å². The van der Waals surface area contributed by atoms with E-state index >= 15 is 0 Å². The number of aldehydes is 1. The van der Waals surface area contributed by atoms with Crippen molar-refractivity contribution < 1.29 is 14.6 Å². The lowest BCUT2D eigenvalue weighted by Gasteiger charge is -2.13. The molecule has 0 spiro atoms. The van der Waals surface area contributed by atoms with Crippen LogP contribution in [0.4, 0.5) is 0 Å². The summed E-state index contributed by atoms with van der Waals surface area (Å²) < 4.78 is 5.20. The van der Waals surface area contributed by atoms with Crippen molar-refractivity contribution in [1.29, 1.82) is 0 Å². The molecule has 1 rings (SSSR count). The summed E-state index contributed by atoms with van der Waals surface area (Å²) in [6.07, 6.45) is 1.81. The third-order valence-corrected chi connectivity index (χ3v) is 2.65. The quantitative estimate of drug-likeness (QED) is 0.771. The average Bonchev–Trinajstić information content (AvgIpc) is 2.25. The molecule has 0 aromatic heterocycles. The number of carbonyl (C=O) groups is 1. The van der Waals surface area contributed by atoms with Crippen molar-refractivity contribution >= 4 is 6.29 Å². The molecule has 0 saturated heterocycles. The largest absolute Gasteiger partial charge is 0.507 e. The lowest BCUT2D eigenvalue weighted by atomic mass is 10.0. The summed E-state index contributed by atoms with van der Waals surface area (Å²) in [5.74, 6) is 1.03. The van der Waals surface area contributed by atoms with Gasteiger partial charge >= 0.3 is 0 Å². The molecule has 0 radical (unpaired) electrons. The first-order valence-corrected chi connectivity index (χ1v) is 4.91. The zero-order valence-electron chi connectivity index (χ0n) is 9.33. The maximum Gasteiger partial charge on any atom is 0.122 e. The maximum atomic E-state index is 10.3. The monoisotopic (exact) mass is 208 g/mol. The fraction of sp³-hybridized carbons (Fsp3) is 0.417. The van der Waals surface area contributed by atoms with E-state index in [1.165, 1.54) is 0 Å². The Morgan fingerprint density at radius 2 is 2.07 bits per heavy atom. The highest BCUT2D eigenvalue weighted by Crippen LogP contribution is 2.32. The van der Waals surface area contributed by atoms with Gasteiger partial charge in [-0.15, -0.1) is 0 Å². The Morgan fingerprint density at radius 3 is 2.60 bits per heavy atom. The Bertz CT molecular complexity index is 370. The Morgan fingerprint density at radius 1 is 1.40 bits per heavy atom. The van der Waals surface area contributed by atoms with Gasteiger partial charge in [0, 0.05) is 6.42 Å². The molecule has 1 aromatic carbocycles. The van der Waals surface area contributed by atoms with E-state index in [-0.39, 0.29) is 5.75 Å². The molecule has 0 fully saturated rings.